The van der Waals surface area contributed by atoms with E-state index in [0.717, 1.165) is 27.0 Å². The van der Waals surface area contributed by atoms with Gasteiger partial charge in [0.15, 0.2) is 5.82 Å². The second-order valence-electron chi connectivity index (χ2n) is 10.2. The monoisotopic (exact) mass is 513 g/mol. The number of aromatic nitrogens is 3. The van der Waals surface area contributed by atoms with Crippen LogP contribution in [0.4, 0.5) is 0 Å². The Morgan fingerprint density at radius 1 is 0.889 bits per heavy atom. The summed E-state index contributed by atoms with van der Waals surface area (Å²) in [6.07, 6.45) is 4.20. The highest BCUT2D eigenvalue weighted by atomic mass is 32.1. The lowest BCUT2D eigenvalue weighted by Gasteiger charge is -2.21. The van der Waals surface area contributed by atoms with Gasteiger partial charge < -0.3 is 11.5 Å². The lowest BCUT2D eigenvalue weighted by molar-refractivity contribution is 0.537. The van der Waals surface area contributed by atoms with Gasteiger partial charge in [0.25, 0.3) is 0 Å². The summed E-state index contributed by atoms with van der Waals surface area (Å²) >= 11 is 3.55. The topological polar surface area (TPSA) is 90.7 Å². The van der Waals surface area contributed by atoms with Crippen LogP contribution in [0.2, 0.25) is 0 Å². The molecule has 0 aliphatic rings. The lowest BCUT2D eigenvalue weighted by Crippen LogP contribution is -2.36. The van der Waals surface area contributed by atoms with E-state index in [1.807, 2.05) is 30.3 Å². The minimum Gasteiger partial charge on any atom is -0.326 e. The summed E-state index contributed by atoms with van der Waals surface area (Å²) in [6, 6.07) is 17.8. The Morgan fingerprint density at radius 2 is 1.61 bits per heavy atom. The number of aryl methyl sites for hydroxylation is 1. The first kappa shape index (κ1) is 24.7. The summed E-state index contributed by atoms with van der Waals surface area (Å²) in [5, 5.41) is 0. The standard InChI is InChI=1S/C29H31N5S2/c1-17-10-11-21(35-17)22-24-26(36-27(22)29(2,3)4)25(34-28(33-24)19-12-14-32-15-13-19)23(31)20(30)16-18-8-6-5-7-9-18/h5-15,20,23H,16,30-31H2,1-4H3. The number of benzene rings is 1. The van der Waals surface area contributed by atoms with Crippen molar-refractivity contribution in [1.82, 2.24) is 15.0 Å². The average Bonchev–Trinajstić information content (AvgIpc) is 3.47. The minimum absolute atomic E-state index is 0.0665. The molecule has 1 aromatic carbocycles. The van der Waals surface area contributed by atoms with Gasteiger partial charge in [0, 0.05) is 44.2 Å². The molecule has 0 amide bonds. The van der Waals surface area contributed by atoms with Crippen LogP contribution in [0.15, 0.2) is 67.0 Å². The van der Waals surface area contributed by atoms with E-state index in [1.54, 1.807) is 35.1 Å². The van der Waals surface area contributed by atoms with Crippen LogP contribution in [0.1, 0.15) is 47.8 Å². The number of hydrogen-bond acceptors (Lipinski definition) is 7. The van der Waals surface area contributed by atoms with Gasteiger partial charge in [-0.15, -0.1) is 22.7 Å². The van der Waals surface area contributed by atoms with E-state index < -0.39 is 6.04 Å². The second kappa shape index (κ2) is 9.82. The Kier molecular flexibility index (Phi) is 6.74. The molecule has 5 aromatic rings. The van der Waals surface area contributed by atoms with Gasteiger partial charge in [-0.3, -0.25) is 4.98 Å². The smallest absolute Gasteiger partial charge is 0.160 e. The van der Waals surface area contributed by atoms with Gasteiger partial charge in [0.05, 0.1) is 22.0 Å². The average molecular weight is 514 g/mol. The maximum absolute atomic E-state index is 6.89. The summed E-state index contributed by atoms with van der Waals surface area (Å²) in [4.78, 5) is 18.1. The third kappa shape index (κ3) is 4.84. The molecule has 5 nitrogen and oxygen atoms in total. The van der Waals surface area contributed by atoms with Gasteiger partial charge in [0.2, 0.25) is 0 Å². The highest BCUT2D eigenvalue weighted by molar-refractivity contribution is 7.21. The van der Waals surface area contributed by atoms with Crippen molar-refractivity contribution in [3.8, 4) is 21.8 Å². The van der Waals surface area contributed by atoms with E-state index in [1.165, 1.54) is 20.2 Å². The normalized spacial score (nSPS) is 13.7. The molecule has 4 aromatic heterocycles. The molecular weight excluding hydrogens is 482 g/mol. The molecule has 0 spiro atoms. The Labute approximate surface area is 220 Å². The number of nitrogens with zero attached hydrogens (tertiary/aromatic N) is 3. The maximum Gasteiger partial charge on any atom is 0.160 e. The van der Waals surface area contributed by atoms with E-state index >= 15 is 0 Å². The molecule has 0 saturated heterocycles. The molecule has 36 heavy (non-hydrogen) atoms. The minimum atomic E-state index is -0.444. The van der Waals surface area contributed by atoms with Crippen molar-refractivity contribution in [3.63, 3.8) is 0 Å². The van der Waals surface area contributed by atoms with Crippen LogP contribution in [0, 0.1) is 6.92 Å². The fraction of sp³-hybridized carbons (Fsp3) is 0.276. The molecule has 2 unspecified atom stereocenters. The van der Waals surface area contributed by atoms with Crippen LogP contribution in [0.3, 0.4) is 0 Å². The van der Waals surface area contributed by atoms with Crippen molar-refractivity contribution in [1.29, 1.82) is 0 Å². The molecule has 0 fully saturated rings. The first-order valence-corrected chi connectivity index (χ1v) is 13.7. The van der Waals surface area contributed by atoms with E-state index in [-0.39, 0.29) is 11.5 Å². The summed E-state index contributed by atoms with van der Waals surface area (Å²) in [5.41, 5.74) is 18.6. The fourth-order valence-corrected chi connectivity index (χ4v) is 6.73. The highest BCUT2D eigenvalue weighted by Crippen LogP contribution is 2.47. The maximum atomic E-state index is 6.89. The molecule has 4 heterocycles. The molecule has 5 rings (SSSR count). The van der Waals surface area contributed by atoms with Crippen molar-refractivity contribution < 1.29 is 0 Å². The summed E-state index contributed by atoms with van der Waals surface area (Å²) in [7, 11) is 0. The predicted octanol–water partition coefficient (Wildman–Crippen LogP) is 6.66. The molecule has 0 aliphatic carbocycles. The quantitative estimate of drug-likeness (QED) is 0.265. The summed E-state index contributed by atoms with van der Waals surface area (Å²) < 4.78 is 1.02. The van der Waals surface area contributed by atoms with Crippen molar-refractivity contribution in [2.75, 3.05) is 0 Å². The van der Waals surface area contributed by atoms with Gasteiger partial charge in [-0.1, -0.05) is 51.1 Å². The second-order valence-corrected chi connectivity index (χ2v) is 12.5. The Hall–Kier alpha value is -2.97. The third-order valence-corrected chi connectivity index (χ3v) is 8.90. The number of rotatable bonds is 6. The van der Waals surface area contributed by atoms with E-state index in [2.05, 4.69) is 56.9 Å². The Balaban J connectivity index is 1.74. The Morgan fingerprint density at radius 3 is 2.25 bits per heavy atom. The zero-order chi connectivity index (χ0) is 25.4. The first-order chi connectivity index (χ1) is 17.2. The number of hydrogen-bond donors (Lipinski definition) is 2. The zero-order valence-electron chi connectivity index (χ0n) is 21.0. The highest BCUT2D eigenvalue weighted by Gasteiger charge is 2.30. The molecule has 0 bridgehead atoms. The Bertz CT molecular complexity index is 1480. The molecule has 4 N–H and O–H groups in total. The molecule has 184 valence electrons. The summed E-state index contributed by atoms with van der Waals surface area (Å²) in [6.45, 7) is 8.89. The van der Waals surface area contributed by atoms with Crippen molar-refractivity contribution in [3.05, 3.63) is 88.0 Å². The van der Waals surface area contributed by atoms with Crippen LogP contribution in [-0.4, -0.2) is 21.0 Å². The van der Waals surface area contributed by atoms with Gasteiger partial charge >= 0.3 is 0 Å². The molecule has 0 aliphatic heterocycles. The number of pyridine rings is 1. The van der Waals surface area contributed by atoms with E-state index in [0.29, 0.717) is 12.2 Å². The largest absolute Gasteiger partial charge is 0.326 e. The third-order valence-electron chi connectivity index (χ3n) is 6.26. The molecule has 0 radical (unpaired) electrons. The van der Waals surface area contributed by atoms with Crippen LogP contribution in [-0.2, 0) is 11.8 Å². The van der Waals surface area contributed by atoms with Gasteiger partial charge in [-0.2, -0.15) is 0 Å². The molecule has 2 atom stereocenters. The van der Waals surface area contributed by atoms with Gasteiger partial charge in [-0.25, -0.2) is 9.97 Å². The van der Waals surface area contributed by atoms with Crippen molar-refractivity contribution in [2.45, 2.75) is 51.6 Å². The zero-order valence-corrected chi connectivity index (χ0v) is 22.7. The van der Waals surface area contributed by atoms with Crippen molar-refractivity contribution in [2.24, 2.45) is 11.5 Å². The van der Waals surface area contributed by atoms with Crippen LogP contribution >= 0.6 is 22.7 Å². The molecular formula is C29H31N5S2. The van der Waals surface area contributed by atoms with Crippen LogP contribution < -0.4 is 11.5 Å². The van der Waals surface area contributed by atoms with Crippen LogP contribution in [0.25, 0.3) is 32.0 Å². The molecule has 0 saturated carbocycles. The lowest BCUT2D eigenvalue weighted by atomic mass is 9.90. The number of nitrogens with two attached hydrogens (primary N) is 2. The van der Waals surface area contributed by atoms with E-state index in [9.17, 15) is 0 Å². The van der Waals surface area contributed by atoms with Gasteiger partial charge in [0.1, 0.15) is 0 Å². The molecule has 7 heteroatoms. The first-order valence-electron chi connectivity index (χ1n) is 12.1. The number of fused-ring (bicyclic) bond motifs is 1. The van der Waals surface area contributed by atoms with Crippen LogP contribution in [0.5, 0.6) is 0 Å². The summed E-state index contributed by atoms with van der Waals surface area (Å²) in [5.74, 6) is 0.648. The fourth-order valence-electron chi connectivity index (χ4n) is 4.40. The predicted molar refractivity (Wildman–Crippen MR) is 152 cm³/mol. The SMILES string of the molecule is Cc1ccc(-c2c(C(C)(C)C)sc3c(C(N)C(N)Cc4ccccc4)nc(-c4ccncc4)nc23)s1. The van der Waals surface area contributed by atoms with Gasteiger partial charge in [-0.05, 0) is 48.6 Å². The number of thiophene rings is 2. The van der Waals surface area contributed by atoms with Crippen molar-refractivity contribution >= 4 is 32.9 Å². The van der Waals surface area contributed by atoms with E-state index in [4.69, 9.17) is 21.4 Å².